The van der Waals surface area contributed by atoms with Gasteiger partial charge in [-0.05, 0) is 48.7 Å². The van der Waals surface area contributed by atoms with E-state index in [9.17, 15) is 4.79 Å². The van der Waals surface area contributed by atoms with Gasteiger partial charge >= 0.3 is 0 Å². The number of hydrogen-bond acceptors (Lipinski definition) is 6. The number of amides is 1. The van der Waals surface area contributed by atoms with E-state index in [0.717, 1.165) is 36.2 Å². The number of carbonyl (C=O) groups is 1. The fourth-order valence-electron chi connectivity index (χ4n) is 4.03. The Hall–Kier alpha value is -2.55. The van der Waals surface area contributed by atoms with Crippen LogP contribution in [0.3, 0.4) is 0 Å². The van der Waals surface area contributed by atoms with Gasteiger partial charge in [0.05, 0.1) is 36.3 Å². The van der Waals surface area contributed by atoms with E-state index in [-0.39, 0.29) is 12.0 Å². The summed E-state index contributed by atoms with van der Waals surface area (Å²) in [6, 6.07) is 10.1. The van der Waals surface area contributed by atoms with Crippen LogP contribution in [-0.2, 0) is 17.8 Å². The summed E-state index contributed by atoms with van der Waals surface area (Å²) in [4.78, 5) is 22.8. The van der Waals surface area contributed by atoms with Crippen LogP contribution in [0.25, 0.3) is 11.0 Å². The summed E-state index contributed by atoms with van der Waals surface area (Å²) in [5, 5.41) is 9.47. The molecule has 0 saturated carbocycles. The maximum Gasteiger partial charge on any atom is 0.255 e. The Morgan fingerprint density at radius 1 is 1.26 bits per heavy atom. The third-order valence-electron chi connectivity index (χ3n) is 5.52. The molecule has 1 amide bonds. The number of thiophene rings is 2. The van der Waals surface area contributed by atoms with Gasteiger partial charge in [0, 0.05) is 28.6 Å². The van der Waals surface area contributed by atoms with E-state index >= 15 is 0 Å². The number of rotatable bonds is 7. The van der Waals surface area contributed by atoms with Crippen molar-refractivity contribution in [3.63, 3.8) is 0 Å². The summed E-state index contributed by atoms with van der Waals surface area (Å²) in [6.07, 6.45) is 3.93. The van der Waals surface area contributed by atoms with Crippen molar-refractivity contribution in [3.8, 4) is 0 Å². The molecule has 4 aromatic rings. The fraction of sp³-hybridized carbons (Fsp3) is 0.348. The fourth-order valence-corrected chi connectivity index (χ4v) is 5.44. The quantitative estimate of drug-likeness (QED) is 0.407. The van der Waals surface area contributed by atoms with E-state index in [4.69, 9.17) is 9.72 Å². The summed E-state index contributed by atoms with van der Waals surface area (Å²) >= 11 is 3.36. The molecule has 1 fully saturated rings. The van der Waals surface area contributed by atoms with E-state index in [0.29, 0.717) is 25.2 Å². The van der Waals surface area contributed by atoms with Gasteiger partial charge in [-0.3, -0.25) is 4.79 Å². The highest BCUT2D eigenvalue weighted by Crippen LogP contribution is 2.24. The minimum Gasteiger partial charge on any atom is -0.376 e. The zero-order valence-corrected chi connectivity index (χ0v) is 19.0. The molecule has 5 rings (SSSR count). The third kappa shape index (κ3) is 4.42. The van der Waals surface area contributed by atoms with Crippen molar-refractivity contribution in [2.24, 2.45) is 0 Å². The van der Waals surface area contributed by atoms with Crippen LogP contribution in [0, 0.1) is 6.92 Å². The van der Waals surface area contributed by atoms with Crippen LogP contribution in [0.1, 0.15) is 38.6 Å². The second-order valence-electron chi connectivity index (χ2n) is 7.83. The molecule has 0 bridgehead atoms. The highest BCUT2D eigenvalue weighted by molar-refractivity contribution is 7.10. The highest BCUT2D eigenvalue weighted by Gasteiger charge is 2.26. The lowest BCUT2D eigenvalue weighted by atomic mass is 10.1. The summed E-state index contributed by atoms with van der Waals surface area (Å²) in [5.41, 5.74) is 2.23. The largest absolute Gasteiger partial charge is 0.376 e. The Labute approximate surface area is 189 Å². The molecule has 0 spiro atoms. The number of nitrogens with zero attached hydrogens (tertiary/aromatic N) is 4. The summed E-state index contributed by atoms with van der Waals surface area (Å²) < 4.78 is 7.73. The molecule has 1 unspecified atom stereocenters. The maximum atomic E-state index is 13.8. The van der Waals surface area contributed by atoms with Crippen LogP contribution in [0.15, 0.2) is 47.3 Å². The van der Waals surface area contributed by atoms with Gasteiger partial charge in [0.15, 0.2) is 5.65 Å². The highest BCUT2D eigenvalue weighted by atomic mass is 32.1. The summed E-state index contributed by atoms with van der Waals surface area (Å²) in [5.74, 6) is 0.00933. The molecule has 31 heavy (non-hydrogen) atoms. The number of aromatic nitrogens is 3. The van der Waals surface area contributed by atoms with E-state index in [1.807, 2.05) is 40.1 Å². The summed E-state index contributed by atoms with van der Waals surface area (Å²) in [7, 11) is 0. The Kier molecular flexibility index (Phi) is 5.85. The van der Waals surface area contributed by atoms with Gasteiger partial charge in [-0.1, -0.05) is 12.1 Å². The lowest BCUT2D eigenvalue weighted by Gasteiger charge is -2.25. The standard InChI is InChI=1S/C23H24N4O2S2/c1-16-11-20(21-12-24-27(22(21)25-16)15-19-7-4-10-31-19)23(28)26(13-17-5-2-8-29-17)14-18-6-3-9-30-18/h3-4,6-7,9-12,17H,2,5,8,13-15H2,1H3. The number of pyridine rings is 1. The number of hydrogen-bond donors (Lipinski definition) is 0. The summed E-state index contributed by atoms with van der Waals surface area (Å²) in [6.45, 7) is 4.55. The minimum absolute atomic E-state index is 0.00933. The van der Waals surface area contributed by atoms with Crippen LogP contribution in [0.2, 0.25) is 0 Å². The first kappa shape index (κ1) is 20.4. The first-order valence-corrected chi connectivity index (χ1v) is 12.2. The Morgan fingerprint density at radius 2 is 2.06 bits per heavy atom. The van der Waals surface area contributed by atoms with Crippen LogP contribution >= 0.6 is 22.7 Å². The van der Waals surface area contributed by atoms with Crippen molar-refractivity contribution >= 4 is 39.6 Å². The van der Waals surface area contributed by atoms with Crippen molar-refractivity contribution in [1.29, 1.82) is 0 Å². The topological polar surface area (TPSA) is 60.3 Å². The van der Waals surface area contributed by atoms with Gasteiger partial charge in [0.25, 0.3) is 5.91 Å². The van der Waals surface area contributed by atoms with Gasteiger partial charge in [0.1, 0.15) is 0 Å². The van der Waals surface area contributed by atoms with Crippen molar-refractivity contribution in [2.45, 2.75) is 39.0 Å². The molecular weight excluding hydrogens is 428 g/mol. The lowest BCUT2D eigenvalue weighted by molar-refractivity contribution is 0.0511. The molecule has 4 aromatic heterocycles. The van der Waals surface area contributed by atoms with Gasteiger partial charge in [0.2, 0.25) is 0 Å². The smallest absolute Gasteiger partial charge is 0.255 e. The second-order valence-corrected chi connectivity index (χ2v) is 9.89. The monoisotopic (exact) mass is 452 g/mol. The van der Waals surface area contributed by atoms with Crippen LogP contribution < -0.4 is 0 Å². The molecule has 8 heteroatoms. The van der Waals surface area contributed by atoms with Gasteiger partial charge in [-0.25, -0.2) is 9.67 Å². The van der Waals surface area contributed by atoms with Crippen molar-refractivity contribution in [3.05, 3.63) is 68.3 Å². The van der Waals surface area contributed by atoms with Crippen molar-refractivity contribution in [1.82, 2.24) is 19.7 Å². The SMILES string of the molecule is Cc1cc(C(=O)N(Cc2cccs2)CC2CCCO2)c2cnn(Cc3cccs3)c2n1. The number of fused-ring (bicyclic) bond motifs is 1. The van der Waals surface area contributed by atoms with E-state index < -0.39 is 0 Å². The normalized spacial score (nSPS) is 16.2. The predicted octanol–water partition coefficient (Wildman–Crippen LogP) is 4.73. The average Bonchev–Trinajstić information content (AvgIpc) is 3.56. The molecule has 160 valence electrons. The molecule has 0 N–H and O–H groups in total. The Morgan fingerprint density at radius 3 is 2.77 bits per heavy atom. The van der Waals surface area contributed by atoms with E-state index in [1.165, 1.54) is 9.75 Å². The molecule has 1 atom stereocenters. The molecular formula is C23H24N4O2S2. The maximum absolute atomic E-state index is 13.8. The van der Waals surface area contributed by atoms with E-state index in [1.54, 1.807) is 28.9 Å². The van der Waals surface area contributed by atoms with Crippen LogP contribution in [-0.4, -0.2) is 44.8 Å². The zero-order chi connectivity index (χ0) is 21.2. The number of ether oxygens (including phenoxy) is 1. The molecule has 1 aliphatic heterocycles. The number of carbonyl (C=O) groups excluding carboxylic acids is 1. The number of aryl methyl sites for hydroxylation is 1. The van der Waals surface area contributed by atoms with Crippen LogP contribution in [0.5, 0.6) is 0 Å². The molecule has 5 heterocycles. The second kappa shape index (κ2) is 8.90. The third-order valence-corrected chi connectivity index (χ3v) is 7.24. The first-order valence-electron chi connectivity index (χ1n) is 10.5. The van der Waals surface area contributed by atoms with Gasteiger partial charge < -0.3 is 9.64 Å². The average molecular weight is 453 g/mol. The van der Waals surface area contributed by atoms with Gasteiger partial charge in [-0.2, -0.15) is 5.10 Å². The molecule has 6 nitrogen and oxygen atoms in total. The lowest BCUT2D eigenvalue weighted by Crippen LogP contribution is -2.37. The molecule has 0 aromatic carbocycles. The van der Waals surface area contributed by atoms with Crippen molar-refractivity contribution in [2.75, 3.05) is 13.2 Å². The molecule has 0 aliphatic carbocycles. The first-order chi connectivity index (χ1) is 15.2. The van der Waals surface area contributed by atoms with Gasteiger partial charge in [-0.15, -0.1) is 22.7 Å². The Balaban J connectivity index is 1.49. The minimum atomic E-state index is 0.00933. The predicted molar refractivity (Wildman–Crippen MR) is 124 cm³/mol. The zero-order valence-electron chi connectivity index (χ0n) is 17.4. The van der Waals surface area contributed by atoms with Crippen molar-refractivity contribution < 1.29 is 9.53 Å². The molecule has 0 radical (unpaired) electrons. The van der Waals surface area contributed by atoms with Crippen LogP contribution in [0.4, 0.5) is 0 Å². The van der Waals surface area contributed by atoms with E-state index in [2.05, 4.69) is 22.6 Å². The molecule has 1 aliphatic rings. The Bertz CT molecular complexity index is 1160. The molecule has 1 saturated heterocycles.